The number of rotatable bonds is 9. The minimum Gasteiger partial charge on any atom is -0.0654 e. The van der Waals surface area contributed by atoms with Crippen molar-refractivity contribution in [2.45, 2.75) is 85.5 Å². The first-order chi connectivity index (χ1) is 6.74. The van der Waals surface area contributed by atoms with Crippen molar-refractivity contribution in [1.82, 2.24) is 0 Å². The van der Waals surface area contributed by atoms with Crippen LogP contribution in [-0.2, 0) is 0 Å². The molecule has 0 amide bonds. The van der Waals surface area contributed by atoms with E-state index in [-0.39, 0.29) is 0 Å². The predicted molar refractivity (Wildman–Crippen MR) is 66.7 cm³/mol. The number of hydrogen-bond donors (Lipinski definition) is 0. The zero-order valence-electron chi connectivity index (χ0n) is 10.9. The molecule has 0 aromatic rings. The zero-order valence-corrected chi connectivity index (χ0v) is 10.9. The zero-order chi connectivity index (χ0) is 10.9. The molecule has 0 saturated carbocycles. The highest BCUT2D eigenvalue weighted by atomic mass is 14.3. The first-order valence-corrected chi connectivity index (χ1v) is 6.74. The highest BCUT2D eigenvalue weighted by Crippen LogP contribution is 2.39. The molecule has 86 valence electrons. The van der Waals surface area contributed by atoms with Crippen LogP contribution in [-0.4, -0.2) is 0 Å². The van der Waals surface area contributed by atoms with Crippen molar-refractivity contribution < 1.29 is 0 Å². The van der Waals surface area contributed by atoms with Gasteiger partial charge in [-0.05, 0) is 24.7 Å². The van der Waals surface area contributed by atoms with Crippen molar-refractivity contribution in [2.24, 2.45) is 5.41 Å². The maximum Gasteiger partial charge on any atom is -0.0300 e. The summed E-state index contributed by atoms with van der Waals surface area (Å²) in [7, 11) is 0. The number of unbranched alkanes of at least 4 members (excludes halogenated alkanes) is 2. The van der Waals surface area contributed by atoms with Crippen LogP contribution < -0.4 is 0 Å². The van der Waals surface area contributed by atoms with Gasteiger partial charge in [0.25, 0.3) is 0 Å². The van der Waals surface area contributed by atoms with Gasteiger partial charge in [-0.2, -0.15) is 0 Å². The molecule has 0 N–H and O–H groups in total. The van der Waals surface area contributed by atoms with Gasteiger partial charge < -0.3 is 0 Å². The molecule has 0 nitrogen and oxygen atoms in total. The first kappa shape index (κ1) is 14.0. The van der Waals surface area contributed by atoms with Crippen molar-refractivity contribution in [3.8, 4) is 0 Å². The quantitative estimate of drug-likeness (QED) is 0.455. The van der Waals surface area contributed by atoms with Crippen molar-refractivity contribution in [1.29, 1.82) is 0 Å². The van der Waals surface area contributed by atoms with E-state index in [1.165, 1.54) is 57.8 Å². The van der Waals surface area contributed by atoms with Crippen LogP contribution in [0.1, 0.15) is 85.5 Å². The molecule has 0 aromatic heterocycles. The van der Waals surface area contributed by atoms with Crippen molar-refractivity contribution in [2.75, 3.05) is 0 Å². The summed E-state index contributed by atoms with van der Waals surface area (Å²) < 4.78 is 0. The molecule has 0 saturated heterocycles. The van der Waals surface area contributed by atoms with Crippen LogP contribution in [0.15, 0.2) is 0 Å². The molecule has 0 fully saturated rings. The minimum atomic E-state index is 0.695. The molecule has 0 rings (SSSR count). The lowest BCUT2D eigenvalue weighted by atomic mass is 9.73. The smallest absolute Gasteiger partial charge is 0.0300 e. The van der Waals surface area contributed by atoms with E-state index in [2.05, 4.69) is 27.7 Å². The topological polar surface area (TPSA) is 0 Å². The molecule has 0 spiro atoms. The van der Waals surface area contributed by atoms with E-state index in [1.54, 1.807) is 0 Å². The highest BCUT2D eigenvalue weighted by molar-refractivity contribution is 4.77. The van der Waals surface area contributed by atoms with Crippen molar-refractivity contribution in [3.63, 3.8) is 0 Å². The molecular formula is C14H30. The Morgan fingerprint density at radius 1 is 0.643 bits per heavy atom. The maximum atomic E-state index is 2.39. The van der Waals surface area contributed by atoms with Gasteiger partial charge in [0.2, 0.25) is 0 Å². The van der Waals surface area contributed by atoms with E-state index in [9.17, 15) is 0 Å². The van der Waals surface area contributed by atoms with Gasteiger partial charge in [0.1, 0.15) is 0 Å². The Bertz CT molecular complexity index is 107. The molecule has 0 aromatic carbocycles. The van der Waals surface area contributed by atoms with E-state index >= 15 is 0 Å². The second-order valence-electron chi connectivity index (χ2n) is 4.81. The van der Waals surface area contributed by atoms with Crippen LogP contribution >= 0.6 is 0 Å². The summed E-state index contributed by atoms with van der Waals surface area (Å²) in [6.07, 6.45) is 12.7. The lowest BCUT2D eigenvalue weighted by molar-refractivity contribution is 0.194. The maximum absolute atomic E-state index is 2.39. The molecule has 0 radical (unpaired) electrons. The predicted octanol–water partition coefficient (Wildman–Crippen LogP) is 5.56. The van der Waals surface area contributed by atoms with Gasteiger partial charge in [-0.25, -0.2) is 0 Å². The average molecular weight is 198 g/mol. The van der Waals surface area contributed by atoms with Crippen LogP contribution in [0.5, 0.6) is 0 Å². The molecule has 0 bridgehead atoms. The SMILES string of the molecule is CCCCC(CC)(CCC)CCCC. The van der Waals surface area contributed by atoms with Crippen LogP contribution in [0.2, 0.25) is 0 Å². The van der Waals surface area contributed by atoms with Gasteiger partial charge in [-0.1, -0.05) is 66.2 Å². The Hall–Kier alpha value is 0. The normalized spacial score (nSPS) is 12.0. The van der Waals surface area contributed by atoms with Gasteiger partial charge in [0.15, 0.2) is 0 Å². The van der Waals surface area contributed by atoms with Crippen molar-refractivity contribution >= 4 is 0 Å². The Morgan fingerprint density at radius 3 is 1.43 bits per heavy atom. The molecule has 0 aliphatic heterocycles. The molecule has 0 heteroatoms. The van der Waals surface area contributed by atoms with Crippen LogP contribution in [0, 0.1) is 5.41 Å². The highest BCUT2D eigenvalue weighted by Gasteiger charge is 2.25. The molecule has 0 atom stereocenters. The third kappa shape index (κ3) is 5.02. The fourth-order valence-corrected chi connectivity index (χ4v) is 2.54. The summed E-state index contributed by atoms with van der Waals surface area (Å²) in [4.78, 5) is 0. The first-order valence-electron chi connectivity index (χ1n) is 6.74. The van der Waals surface area contributed by atoms with Gasteiger partial charge in [0.05, 0.1) is 0 Å². The lowest BCUT2D eigenvalue weighted by Crippen LogP contribution is -2.19. The standard InChI is InChI=1S/C14H30/c1-5-9-12-14(8-4,11-7-3)13-10-6-2/h5-13H2,1-4H3. The Balaban J connectivity index is 4.11. The summed E-state index contributed by atoms with van der Waals surface area (Å²) >= 11 is 0. The third-order valence-electron chi connectivity index (χ3n) is 3.65. The molecular weight excluding hydrogens is 168 g/mol. The van der Waals surface area contributed by atoms with Gasteiger partial charge >= 0.3 is 0 Å². The fraction of sp³-hybridized carbons (Fsp3) is 1.00. The van der Waals surface area contributed by atoms with Gasteiger partial charge in [0, 0.05) is 0 Å². The largest absolute Gasteiger partial charge is 0.0654 e. The molecule has 14 heavy (non-hydrogen) atoms. The van der Waals surface area contributed by atoms with E-state index in [4.69, 9.17) is 0 Å². The Morgan fingerprint density at radius 2 is 1.14 bits per heavy atom. The summed E-state index contributed by atoms with van der Waals surface area (Å²) in [6.45, 7) is 9.35. The molecule has 0 aliphatic rings. The minimum absolute atomic E-state index is 0.695. The van der Waals surface area contributed by atoms with E-state index in [1.807, 2.05) is 0 Å². The summed E-state index contributed by atoms with van der Waals surface area (Å²) in [5, 5.41) is 0. The van der Waals surface area contributed by atoms with E-state index in [0.29, 0.717) is 5.41 Å². The molecule has 0 aliphatic carbocycles. The van der Waals surface area contributed by atoms with Crippen LogP contribution in [0.3, 0.4) is 0 Å². The fourth-order valence-electron chi connectivity index (χ4n) is 2.54. The average Bonchev–Trinajstić information content (AvgIpc) is 2.22. The van der Waals surface area contributed by atoms with Crippen LogP contribution in [0.4, 0.5) is 0 Å². The van der Waals surface area contributed by atoms with E-state index < -0.39 is 0 Å². The second kappa shape index (κ2) is 8.32. The molecule has 0 unspecified atom stereocenters. The van der Waals surface area contributed by atoms with E-state index in [0.717, 1.165) is 0 Å². The lowest BCUT2D eigenvalue weighted by Gasteiger charge is -2.33. The Kier molecular flexibility index (Phi) is 8.32. The second-order valence-corrected chi connectivity index (χ2v) is 4.81. The monoisotopic (exact) mass is 198 g/mol. The summed E-state index contributed by atoms with van der Waals surface area (Å²) in [5.41, 5.74) is 0.695. The number of hydrogen-bond acceptors (Lipinski definition) is 0. The third-order valence-corrected chi connectivity index (χ3v) is 3.65. The van der Waals surface area contributed by atoms with Gasteiger partial charge in [-0.3, -0.25) is 0 Å². The van der Waals surface area contributed by atoms with Gasteiger partial charge in [-0.15, -0.1) is 0 Å². The Labute approximate surface area is 91.5 Å². The summed E-state index contributed by atoms with van der Waals surface area (Å²) in [6, 6.07) is 0. The molecule has 0 heterocycles. The van der Waals surface area contributed by atoms with Crippen molar-refractivity contribution in [3.05, 3.63) is 0 Å². The summed E-state index contributed by atoms with van der Waals surface area (Å²) in [5.74, 6) is 0. The van der Waals surface area contributed by atoms with Crippen LogP contribution in [0.25, 0.3) is 0 Å².